The van der Waals surface area contributed by atoms with Crippen molar-refractivity contribution in [2.75, 3.05) is 0 Å². The molecule has 0 amide bonds. The first-order valence-electron chi connectivity index (χ1n) is 6.22. The highest BCUT2D eigenvalue weighted by atomic mass is 15.2. The van der Waals surface area contributed by atoms with Gasteiger partial charge in [0, 0.05) is 6.20 Å². The number of rotatable bonds is 4. The maximum absolute atomic E-state index is 5.71. The van der Waals surface area contributed by atoms with Crippen molar-refractivity contribution < 1.29 is 0 Å². The van der Waals surface area contributed by atoms with Crippen molar-refractivity contribution in [2.45, 2.75) is 26.3 Å². The second-order valence-electron chi connectivity index (χ2n) is 4.40. The van der Waals surface area contributed by atoms with Gasteiger partial charge in [-0.05, 0) is 36.1 Å². The summed E-state index contributed by atoms with van der Waals surface area (Å²) >= 11 is 0. The zero-order valence-corrected chi connectivity index (χ0v) is 10.9. The Balaban J connectivity index is 2.42. The van der Waals surface area contributed by atoms with Crippen LogP contribution in [0.25, 0.3) is 0 Å². The molecule has 1 aromatic carbocycles. The highest BCUT2D eigenvalue weighted by molar-refractivity contribution is 5.34. The standard InChI is InChI=1S/C15H19N3/c1-3-12-7-4-8-13(10-12)15(18-16)14-11(2)6-5-9-17-14/h4-10,15,18H,3,16H2,1-2H3. The Bertz CT molecular complexity index is 523. The van der Waals surface area contributed by atoms with Gasteiger partial charge < -0.3 is 0 Å². The first-order valence-corrected chi connectivity index (χ1v) is 6.22. The highest BCUT2D eigenvalue weighted by Crippen LogP contribution is 2.23. The number of aryl methyl sites for hydroxylation is 2. The molecule has 0 aliphatic carbocycles. The van der Waals surface area contributed by atoms with Gasteiger partial charge in [0.1, 0.15) is 0 Å². The van der Waals surface area contributed by atoms with Crippen LogP contribution in [0.15, 0.2) is 42.6 Å². The fraction of sp³-hybridized carbons (Fsp3) is 0.267. The van der Waals surface area contributed by atoms with Gasteiger partial charge >= 0.3 is 0 Å². The first-order chi connectivity index (χ1) is 8.76. The van der Waals surface area contributed by atoms with E-state index in [-0.39, 0.29) is 6.04 Å². The van der Waals surface area contributed by atoms with Crippen molar-refractivity contribution >= 4 is 0 Å². The van der Waals surface area contributed by atoms with E-state index in [9.17, 15) is 0 Å². The van der Waals surface area contributed by atoms with Gasteiger partial charge in [0.05, 0.1) is 11.7 Å². The molecule has 0 radical (unpaired) electrons. The Labute approximate surface area is 108 Å². The molecule has 3 N–H and O–H groups in total. The molecule has 18 heavy (non-hydrogen) atoms. The molecule has 0 aliphatic rings. The van der Waals surface area contributed by atoms with Crippen molar-refractivity contribution in [2.24, 2.45) is 5.84 Å². The molecule has 2 aromatic rings. The van der Waals surface area contributed by atoms with E-state index in [0.29, 0.717) is 0 Å². The molecule has 1 atom stereocenters. The number of benzene rings is 1. The molecule has 1 aromatic heterocycles. The number of hydrogen-bond acceptors (Lipinski definition) is 3. The number of aromatic nitrogens is 1. The average Bonchev–Trinajstić information content (AvgIpc) is 2.42. The number of hydrogen-bond donors (Lipinski definition) is 2. The summed E-state index contributed by atoms with van der Waals surface area (Å²) in [6.45, 7) is 4.20. The quantitative estimate of drug-likeness (QED) is 0.639. The zero-order valence-electron chi connectivity index (χ0n) is 10.9. The second-order valence-corrected chi connectivity index (χ2v) is 4.40. The topological polar surface area (TPSA) is 50.9 Å². The third kappa shape index (κ3) is 2.58. The lowest BCUT2D eigenvalue weighted by Gasteiger charge is -2.18. The predicted molar refractivity (Wildman–Crippen MR) is 74.0 cm³/mol. The van der Waals surface area contributed by atoms with Gasteiger partial charge in [0.2, 0.25) is 0 Å². The lowest BCUT2D eigenvalue weighted by atomic mass is 9.98. The van der Waals surface area contributed by atoms with E-state index in [0.717, 1.165) is 23.2 Å². The Morgan fingerprint density at radius 2 is 2.11 bits per heavy atom. The number of nitrogens with zero attached hydrogens (tertiary/aromatic N) is 1. The van der Waals surface area contributed by atoms with Gasteiger partial charge in [-0.1, -0.05) is 37.3 Å². The summed E-state index contributed by atoms with van der Waals surface area (Å²) in [5.74, 6) is 5.71. The van der Waals surface area contributed by atoms with Crippen LogP contribution in [-0.4, -0.2) is 4.98 Å². The molecule has 1 heterocycles. The molecule has 0 saturated heterocycles. The van der Waals surface area contributed by atoms with Crippen LogP contribution in [-0.2, 0) is 6.42 Å². The first kappa shape index (κ1) is 12.7. The smallest absolute Gasteiger partial charge is 0.0884 e. The molecule has 0 spiro atoms. The van der Waals surface area contributed by atoms with E-state index in [1.54, 1.807) is 6.20 Å². The molecule has 3 nitrogen and oxygen atoms in total. The lowest BCUT2D eigenvalue weighted by molar-refractivity contribution is 0.616. The Morgan fingerprint density at radius 1 is 1.28 bits per heavy atom. The van der Waals surface area contributed by atoms with Crippen LogP contribution in [0.3, 0.4) is 0 Å². The SMILES string of the molecule is CCc1cccc(C(NN)c2ncccc2C)c1. The Kier molecular flexibility index (Phi) is 4.07. The summed E-state index contributed by atoms with van der Waals surface area (Å²) in [4.78, 5) is 4.44. The van der Waals surface area contributed by atoms with Gasteiger partial charge in [-0.3, -0.25) is 10.8 Å². The van der Waals surface area contributed by atoms with Gasteiger partial charge in [0.25, 0.3) is 0 Å². The summed E-state index contributed by atoms with van der Waals surface area (Å²) < 4.78 is 0. The molecule has 94 valence electrons. The third-order valence-corrected chi connectivity index (χ3v) is 3.18. The maximum Gasteiger partial charge on any atom is 0.0884 e. The molecule has 3 heteroatoms. The maximum atomic E-state index is 5.71. The van der Waals surface area contributed by atoms with E-state index < -0.39 is 0 Å². The largest absolute Gasteiger partial charge is 0.271 e. The zero-order chi connectivity index (χ0) is 13.0. The predicted octanol–water partition coefficient (Wildman–Crippen LogP) is 2.51. The number of hydrazine groups is 1. The van der Waals surface area contributed by atoms with Crippen LogP contribution in [0.4, 0.5) is 0 Å². The van der Waals surface area contributed by atoms with Gasteiger partial charge in [-0.25, -0.2) is 5.43 Å². The summed E-state index contributed by atoms with van der Waals surface area (Å²) in [6.07, 6.45) is 2.82. The fourth-order valence-electron chi connectivity index (χ4n) is 2.13. The molecule has 2 rings (SSSR count). The third-order valence-electron chi connectivity index (χ3n) is 3.18. The minimum absolute atomic E-state index is 0.0577. The Hall–Kier alpha value is -1.71. The van der Waals surface area contributed by atoms with E-state index >= 15 is 0 Å². The van der Waals surface area contributed by atoms with Crippen molar-refractivity contribution in [3.05, 3.63) is 65.0 Å². The van der Waals surface area contributed by atoms with Gasteiger partial charge in [0.15, 0.2) is 0 Å². The normalized spacial score (nSPS) is 12.4. The van der Waals surface area contributed by atoms with Crippen molar-refractivity contribution in [1.82, 2.24) is 10.4 Å². The molecular weight excluding hydrogens is 222 g/mol. The summed E-state index contributed by atoms with van der Waals surface area (Å²) in [5.41, 5.74) is 7.44. The second kappa shape index (κ2) is 5.76. The van der Waals surface area contributed by atoms with Crippen LogP contribution < -0.4 is 11.3 Å². The molecular formula is C15H19N3. The van der Waals surface area contributed by atoms with Crippen LogP contribution in [0, 0.1) is 6.92 Å². The average molecular weight is 241 g/mol. The summed E-state index contributed by atoms with van der Waals surface area (Å²) in [6, 6.07) is 12.4. The number of nitrogens with one attached hydrogen (secondary N) is 1. The van der Waals surface area contributed by atoms with Gasteiger partial charge in [-0.2, -0.15) is 0 Å². The Morgan fingerprint density at radius 3 is 2.78 bits per heavy atom. The van der Waals surface area contributed by atoms with E-state index in [1.807, 2.05) is 6.07 Å². The minimum Gasteiger partial charge on any atom is -0.271 e. The number of pyridine rings is 1. The van der Waals surface area contributed by atoms with E-state index in [4.69, 9.17) is 5.84 Å². The fourth-order valence-corrected chi connectivity index (χ4v) is 2.13. The van der Waals surface area contributed by atoms with Crippen molar-refractivity contribution in [1.29, 1.82) is 0 Å². The van der Waals surface area contributed by atoms with Crippen molar-refractivity contribution in [3.8, 4) is 0 Å². The minimum atomic E-state index is -0.0577. The molecule has 1 unspecified atom stereocenters. The van der Waals surface area contributed by atoms with Crippen LogP contribution >= 0.6 is 0 Å². The van der Waals surface area contributed by atoms with E-state index in [2.05, 4.69) is 54.6 Å². The highest BCUT2D eigenvalue weighted by Gasteiger charge is 2.15. The monoisotopic (exact) mass is 241 g/mol. The lowest BCUT2D eigenvalue weighted by Crippen LogP contribution is -2.30. The summed E-state index contributed by atoms with van der Waals surface area (Å²) in [7, 11) is 0. The van der Waals surface area contributed by atoms with Crippen LogP contribution in [0.1, 0.15) is 35.3 Å². The molecule has 0 aliphatic heterocycles. The number of nitrogens with two attached hydrogens (primary N) is 1. The molecule has 0 fully saturated rings. The van der Waals surface area contributed by atoms with Crippen LogP contribution in [0.5, 0.6) is 0 Å². The van der Waals surface area contributed by atoms with E-state index in [1.165, 1.54) is 5.56 Å². The van der Waals surface area contributed by atoms with Crippen LogP contribution in [0.2, 0.25) is 0 Å². The van der Waals surface area contributed by atoms with Crippen molar-refractivity contribution in [3.63, 3.8) is 0 Å². The van der Waals surface area contributed by atoms with Gasteiger partial charge in [-0.15, -0.1) is 0 Å². The molecule has 0 bridgehead atoms. The molecule has 0 saturated carbocycles. The summed E-state index contributed by atoms with van der Waals surface area (Å²) in [5, 5.41) is 0.